The van der Waals surface area contributed by atoms with Crippen LogP contribution in [0.2, 0.25) is 0 Å². The van der Waals surface area contributed by atoms with Gasteiger partial charge < -0.3 is 10.3 Å². The van der Waals surface area contributed by atoms with Crippen LogP contribution in [0.3, 0.4) is 0 Å². The molecule has 4 aromatic rings. The standard InChI is InChI=1S/C24H23N5O3S/c30-24-22-21(25-16-26-24)15-20(17-7-3-1-4-8-17)28-23(22)27-18-9-11-19(12-10-18)33(31,32)29-13-5-2-6-14-29/h1,3-4,7-12,15-16H,2,5-6,13-14H2,(H,27,28)(H,25,26,30). The smallest absolute Gasteiger partial charge is 0.262 e. The number of aromatic amines is 1. The molecule has 0 atom stereocenters. The number of benzene rings is 2. The highest BCUT2D eigenvalue weighted by molar-refractivity contribution is 7.89. The van der Waals surface area contributed by atoms with Gasteiger partial charge in [0.05, 0.1) is 22.4 Å². The summed E-state index contributed by atoms with van der Waals surface area (Å²) in [6.45, 7) is 1.11. The molecule has 0 saturated carbocycles. The van der Waals surface area contributed by atoms with Gasteiger partial charge in [0.1, 0.15) is 11.2 Å². The Morgan fingerprint density at radius 1 is 0.939 bits per heavy atom. The molecule has 9 heteroatoms. The Labute approximate surface area is 191 Å². The first-order valence-corrected chi connectivity index (χ1v) is 12.3. The zero-order valence-electron chi connectivity index (χ0n) is 17.9. The summed E-state index contributed by atoms with van der Waals surface area (Å²) in [5, 5.41) is 3.51. The van der Waals surface area contributed by atoms with Gasteiger partial charge in [-0.05, 0) is 43.2 Å². The van der Waals surface area contributed by atoms with E-state index >= 15 is 0 Å². The van der Waals surface area contributed by atoms with Crippen LogP contribution in [0, 0.1) is 0 Å². The van der Waals surface area contributed by atoms with Gasteiger partial charge in [0.2, 0.25) is 10.0 Å². The van der Waals surface area contributed by atoms with Crippen molar-refractivity contribution in [1.29, 1.82) is 0 Å². The van der Waals surface area contributed by atoms with Crippen molar-refractivity contribution in [2.24, 2.45) is 0 Å². The van der Waals surface area contributed by atoms with E-state index in [1.54, 1.807) is 34.6 Å². The first-order valence-electron chi connectivity index (χ1n) is 10.8. The number of H-pyrrole nitrogens is 1. The minimum Gasteiger partial charge on any atom is -0.339 e. The van der Waals surface area contributed by atoms with Gasteiger partial charge in [-0.25, -0.2) is 18.4 Å². The lowest BCUT2D eigenvalue weighted by Crippen LogP contribution is -2.35. The van der Waals surface area contributed by atoms with Crippen LogP contribution >= 0.6 is 0 Å². The van der Waals surface area contributed by atoms with Crippen LogP contribution in [0.15, 0.2) is 76.7 Å². The summed E-state index contributed by atoms with van der Waals surface area (Å²) in [6.07, 6.45) is 4.20. The van der Waals surface area contributed by atoms with Gasteiger partial charge in [-0.1, -0.05) is 36.8 Å². The van der Waals surface area contributed by atoms with E-state index in [1.165, 1.54) is 6.33 Å². The van der Waals surface area contributed by atoms with E-state index in [0.717, 1.165) is 24.8 Å². The van der Waals surface area contributed by atoms with E-state index in [2.05, 4.69) is 20.3 Å². The number of aromatic nitrogens is 3. The van der Waals surface area contributed by atoms with E-state index < -0.39 is 10.0 Å². The zero-order valence-corrected chi connectivity index (χ0v) is 18.7. The Hall–Kier alpha value is -3.56. The summed E-state index contributed by atoms with van der Waals surface area (Å²) in [5.41, 5.74) is 2.40. The van der Waals surface area contributed by atoms with E-state index in [9.17, 15) is 13.2 Å². The number of pyridine rings is 1. The number of anilines is 2. The predicted octanol–water partition coefficient (Wildman–Crippen LogP) is 3.90. The summed E-state index contributed by atoms with van der Waals surface area (Å²) >= 11 is 0. The fourth-order valence-electron chi connectivity index (χ4n) is 4.04. The second-order valence-electron chi connectivity index (χ2n) is 7.96. The number of hydrogen-bond acceptors (Lipinski definition) is 6. The second-order valence-corrected chi connectivity index (χ2v) is 9.90. The average molecular weight is 462 g/mol. The van der Waals surface area contributed by atoms with Crippen molar-refractivity contribution in [3.05, 3.63) is 77.3 Å². The van der Waals surface area contributed by atoms with Crippen molar-refractivity contribution < 1.29 is 8.42 Å². The number of nitrogens with zero attached hydrogens (tertiary/aromatic N) is 3. The molecule has 1 saturated heterocycles. The lowest BCUT2D eigenvalue weighted by Gasteiger charge is -2.25. The maximum Gasteiger partial charge on any atom is 0.262 e. The number of nitrogens with one attached hydrogen (secondary N) is 2. The lowest BCUT2D eigenvalue weighted by atomic mass is 10.1. The molecule has 0 amide bonds. The number of fused-ring (bicyclic) bond motifs is 1. The third kappa shape index (κ3) is 4.24. The maximum atomic E-state index is 12.9. The largest absolute Gasteiger partial charge is 0.339 e. The quantitative estimate of drug-likeness (QED) is 0.467. The number of piperidine rings is 1. The average Bonchev–Trinajstić information content (AvgIpc) is 2.85. The topological polar surface area (TPSA) is 108 Å². The van der Waals surface area contributed by atoms with Gasteiger partial charge in [-0.15, -0.1) is 0 Å². The van der Waals surface area contributed by atoms with Gasteiger partial charge in [0.15, 0.2) is 0 Å². The Kier molecular flexibility index (Phi) is 5.65. The van der Waals surface area contributed by atoms with Crippen molar-refractivity contribution in [3.8, 4) is 11.3 Å². The Balaban J connectivity index is 1.50. The van der Waals surface area contributed by atoms with Gasteiger partial charge in [-0.2, -0.15) is 4.31 Å². The first-order chi connectivity index (χ1) is 16.0. The third-order valence-corrected chi connectivity index (χ3v) is 7.68. The molecule has 0 aliphatic carbocycles. The van der Waals surface area contributed by atoms with Gasteiger partial charge in [0.25, 0.3) is 5.56 Å². The molecule has 33 heavy (non-hydrogen) atoms. The van der Waals surface area contributed by atoms with Crippen molar-refractivity contribution in [3.63, 3.8) is 0 Å². The molecule has 8 nitrogen and oxygen atoms in total. The molecule has 1 aliphatic rings. The van der Waals surface area contributed by atoms with E-state index in [1.807, 2.05) is 30.3 Å². The zero-order chi connectivity index (χ0) is 22.8. The molecule has 2 N–H and O–H groups in total. The van der Waals surface area contributed by atoms with Crippen molar-refractivity contribution in [2.45, 2.75) is 24.2 Å². The highest BCUT2D eigenvalue weighted by Crippen LogP contribution is 2.28. The van der Waals surface area contributed by atoms with Crippen molar-refractivity contribution >= 4 is 32.4 Å². The highest BCUT2D eigenvalue weighted by Gasteiger charge is 2.25. The molecule has 1 aliphatic heterocycles. The molecule has 0 unspecified atom stereocenters. The number of rotatable bonds is 5. The minimum atomic E-state index is -3.51. The molecular formula is C24H23N5O3S. The molecule has 3 heterocycles. The maximum absolute atomic E-state index is 12.9. The molecule has 5 rings (SSSR count). The van der Waals surface area contributed by atoms with Crippen LogP contribution in [0.4, 0.5) is 11.5 Å². The first kappa shape index (κ1) is 21.3. The van der Waals surface area contributed by atoms with Crippen molar-refractivity contribution in [1.82, 2.24) is 19.3 Å². The summed E-state index contributed by atoms with van der Waals surface area (Å²) in [7, 11) is -3.51. The predicted molar refractivity (Wildman–Crippen MR) is 128 cm³/mol. The summed E-state index contributed by atoms with van der Waals surface area (Å²) < 4.78 is 27.4. The highest BCUT2D eigenvalue weighted by atomic mass is 32.2. The molecule has 2 aromatic heterocycles. The van der Waals surface area contributed by atoms with Gasteiger partial charge >= 0.3 is 0 Å². The third-order valence-electron chi connectivity index (χ3n) is 5.76. The molecule has 1 fully saturated rings. The lowest BCUT2D eigenvalue weighted by molar-refractivity contribution is 0.346. The molecular weight excluding hydrogens is 438 g/mol. The van der Waals surface area contributed by atoms with Gasteiger partial charge in [-0.3, -0.25) is 4.79 Å². The Morgan fingerprint density at radius 2 is 1.67 bits per heavy atom. The van der Waals surface area contributed by atoms with Crippen LogP contribution in [0.1, 0.15) is 19.3 Å². The van der Waals surface area contributed by atoms with Crippen molar-refractivity contribution in [2.75, 3.05) is 18.4 Å². The van der Waals surface area contributed by atoms with E-state index in [4.69, 9.17) is 0 Å². The van der Waals surface area contributed by atoms with Crippen LogP contribution in [-0.2, 0) is 10.0 Å². The molecule has 0 spiro atoms. The van der Waals surface area contributed by atoms with E-state index in [-0.39, 0.29) is 10.5 Å². The van der Waals surface area contributed by atoms with Crippen LogP contribution in [-0.4, -0.2) is 40.8 Å². The molecule has 2 aromatic carbocycles. The fourth-order valence-corrected chi connectivity index (χ4v) is 5.56. The number of hydrogen-bond donors (Lipinski definition) is 2. The number of sulfonamides is 1. The molecule has 168 valence electrons. The van der Waals surface area contributed by atoms with Crippen LogP contribution in [0.25, 0.3) is 22.2 Å². The summed E-state index contributed by atoms with van der Waals surface area (Å²) in [5.74, 6) is 0.354. The summed E-state index contributed by atoms with van der Waals surface area (Å²) in [6, 6.07) is 17.9. The van der Waals surface area contributed by atoms with Crippen LogP contribution < -0.4 is 10.9 Å². The molecule has 0 bridgehead atoms. The fraction of sp³-hybridized carbons (Fsp3) is 0.208. The minimum absolute atomic E-state index is 0.255. The van der Waals surface area contributed by atoms with E-state index in [0.29, 0.717) is 41.2 Å². The van der Waals surface area contributed by atoms with Gasteiger partial charge in [0, 0.05) is 24.3 Å². The Bertz CT molecular complexity index is 1450. The van der Waals surface area contributed by atoms with Crippen LogP contribution in [0.5, 0.6) is 0 Å². The monoisotopic (exact) mass is 461 g/mol. The summed E-state index contributed by atoms with van der Waals surface area (Å²) in [4.78, 5) is 24.4. The Morgan fingerprint density at radius 3 is 2.39 bits per heavy atom. The molecule has 0 radical (unpaired) electrons. The normalized spacial score (nSPS) is 14.9. The second kappa shape index (κ2) is 8.76. The SMILES string of the molecule is O=c1[nH]cnc2cc(-c3ccccc3)nc(Nc3ccc(S(=O)(=O)N4CCCCC4)cc3)c12.